The van der Waals surface area contributed by atoms with E-state index in [1.54, 1.807) is 0 Å². The van der Waals surface area contributed by atoms with Crippen LogP contribution in [-0.2, 0) is 0 Å². The zero-order valence-electron chi connectivity index (χ0n) is 14.0. The van der Waals surface area contributed by atoms with Crippen LogP contribution >= 0.6 is 0 Å². The fourth-order valence-corrected chi connectivity index (χ4v) is 3.37. The lowest BCUT2D eigenvalue weighted by Crippen LogP contribution is -2.28. The van der Waals surface area contributed by atoms with Gasteiger partial charge in [-0.15, -0.1) is 0 Å². The maximum Gasteiger partial charge on any atom is 0.0307 e. The van der Waals surface area contributed by atoms with Crippen LogP contribution in [0.5, 0.6) is 0 Å². The number of hydrogen-bond acceptors (Lipinski definition) is 2. The first-order chi connectivity index (χ1) is 10.1. The van der Waals surface area contributed by atoms with E-state index in [9.17, 15) is 0 Å². The summed E-state index contributed by atoms with van der Waals surface area (Å²) in [5.74, 6) is 1.75. The van der Waals surface area contributed by atoms with E-state index in [2.05, 4.69) is 49.9 Å². The highest BCUT2D eigenvalue weighted by Gasteiger charge is 2.19. The third kappa shape index (κ3) is 5.12. The van der Waals surface area contributed by atoms with Crippen molar-refractivity contribution in [3.05, 3.63) is 35.4 Å². The maximum atomic E-state index is 6.35. The third-order valence-electron chi connectivity index (χ3n) is 5.07. The molecule has 2 heteroatoms. The van der Waals surface area contributed by atoms with Crippen LogP contribution in [0.1, 0.15) is 56.7 Å². The molecule has 0 aromatic heterocycles. The molecular formula is C19H32N2. The Hall–Kier alpha value is -0.860. The predicted octanol–water partition coefficient (Wildman–Crippen LogP) is 4.14. The summed E-state index contributed by atoms with van der Waals surface area (Å²) < 4.78 is 0. The van der Waals surface area contributed by atoms with Crippen LogP contribution in [0.3, 0.4) is 0 Å². The van der Waals surface area contributed by atoms with Crippen LogP contribution in [0.15, 0.2) is 24.3 Å². The summed E-state index contributed by atoms with van der Waals surface area (Å²) in [6, 6.07) is 8.85. The molecule has 1 aliphatic heterocycles. The van der Waals surface area contributed by atoms with Crippen molar-refractivity contribution in [2.24, 2.45) is 17.6 Å². The molecule has 1 aromatic carbocycles. The van der Waals surface area contributed by atoms with Crippen molar-refractivity contribution < 1.29 is 0 Å². The van der Waals surface area contributed by atoms with Crippen LogP contribution in [0.2, 0.25) is 0 Å². The minimum absolute atomic E-state index is 0.176. The lowest BCUT2D eigenvalue weighted by molar-refractivity contribution is 0.262. The van der Waals surface area contributed by atoms with Crippen molar-refractivity contribution in [1.82, 2.24) is 4.90 Å². The summed E-state index contributed by atoms with van der Waals surface area (Å²) >= 11 is 0. The molecule has 2 nitrogen and oxygen atoms in total. The van der Waals surface area contributed by atoms with E-state index >= 15 is 0 Å². The Morgan fingerprint density at radius 1 is 1.14 bits per heavy atom. The van der Waals surface area contributed by atoms with Gasteiger partial charge in [-0.25, -0.2) is 0 Å². The van der Waals surface area contributed by atoms with Gasteiger partial charge in [-0.3, -0.25) is 0 Å². The van der Waals surface area contributed by atoms with Crippen LogP contribution < -0.4 is 5.73 Å². The molecule has 1 aromatic rings. The molecule has 2 rings (SSSR count). The standard InChI is InChI=1S/C19H32N2/c1-15(2)17-5-4-12-21(13-10-17)14-11-19(20)18-8-6-16(3)7-9-18/h6-9,15,17,19H,4-5,10-14,20H2,1-3H3. The van der Waals surface area contributed by atoms with Gasteiger partial charge in [0, 0.05) is 6.04 Å². The highest BCUT2D eigenvalue weighted by molar-refractivity contribution is 5.23. The highest BCUT2D eigenvalue weighted by atomic mass is 15.1. The molecule has 1 fully saturated rings. The molecule has 2 unspecified atom stereocenters. The van der Waals surface area contributed by atoms with Gasteiger partial charge in [-0.2, -0.15) is 0 Å². The second kappa shape index (κ2) is 7.95. The first kappa shape index (κ1) is 16.5. The molecule has 2 atom stereocenters. The second-order valence-corrected chi connectivity index (χ2v) is 7.08. The first-order valence-corrected chi connectivity index (χ1v) is 8.60. The Morgan fingerprint density at radius 2 is 1.86 bits per heavy atom. The Morgan fingerprint density at radius 3 is 2.52 bits per heavy atom. The molecule has 0 bridgehead atoms. The Bertz CT molecular complexity index is 410. The van der Waals surface area contributed by atoms with Gasteiger partial charge in [-0.05, 0) is 69.6 Å². The number of likely N-dealkylation sites (tertiary alicyclic amines) is 1. The van der Waals surface area contributed by atoms with Gasteiger partial charge in [-0.1, -0.05) is 43.7 Å². The minimum atomic E-state index is 0.176. The lowest BCUT2D eigenvalue weighted by atomic mass is 9.89. The molecule has 21 heavy (non-hydrogen) atoms. The van der Waals surface area contributed by atoms with Gasteiger partial charge in [0.15, 0.2) is 0 Å². The summed E-state index contributed by atoms with van der Waals surface area (Å²) in [6.45, 7) is 10.5. The van der Waals surface area contributed by atoms with E-state index in [0.29, 0.717) is 0 Å². The largest absolute Gasteiger partial charge is 0.324 e. The molecule has 2 N–H and O–H groups in total. The van der Waals surface area contributed by atoms with Crippen LogP contribution in [0.4, 0.5) is 0 Å². The normalized spacial score (nSPS) is 22.2. The number of hydrogen-bond donors (Lipinski definition) is 1. The molecule has 1 heterocycles. The van der Waals surface area contributed by atoms with E-state index in [0.717, 1.165) is 24.8 Å². The molecule has 1 saturated heterocycles. The summed E-state index contributed by atoms with van der Waals surface area (Å²) in [4.78, 5) is 2.62. The Kier molecular flexibility index (Phi) is 6.25. The van der Waals surface area contributed by atoms with Crippen molar-refractivity contribution in [2.45, 2.75) is 52.5 Å². The first-order valence-electron chi connectivity index (χ1n) is 8.60. The number of benzene rings is 1. The highest BCUT2D eigenvalue weighted by Crippen LogP contribution is 2.25. The quantitative estimate of drug-likeness (QED) is 0.882. The zero-order valence-corrected chi connectivity index (χ0v) is 14.0. The average Bonchev–Trinajstić information content (AvgIpc) is 2.71. The smallest absolute Gasteiger partial charge is 0.0307 e. The molecule has 0 radical (unpaired) electrons. The topological polar surface area (TPSA) is 29.3 Å². The Labute approximate surface area is 130 Å². The van der Waals surface area contributed by atoms with Crippen molar-refractivity contribution in [1.29, 1.82) is 0 Å². The number of nitrogens with zero attached hydrogens (tertiary/aromatic N) is 1. The van der Waals surface area contributed by atoms with Gasteiger partial charge >= 0.3 is 0 Å². The third-order valence-corrected chi connectivity index (χ3v) is 5.07. The fourth-order valence-electron chi connectivity index (χ4n) is 3.37. The molecular weight excluding hydrogens is 256 g/mol. The molecule has 0 aliphatic carbocycles. The number of nitrogens with two attached hydrogens (primary N) is 1. The van der Waals surface area contributed by atoms with Crippen molar-refractivity contribution in [3.63, 3.8) is 0 Å². The molecule has 0 amide bonds. The van der Waals surface area contributed by atoms with Gasteiger partial charge in [0.1, 0.15) is 0 Å². The lowest BCUT2D eigenvalue weighted by Gasteiger charge is -2.23. The number of rotatable bonds is 5. The van der Waals surface area contributed by atoms with Gasteiger partial charge in [0.25, 0.3) is 0 Å². The van der Waals surface area contributed by atoms with E-state index in [-0.39, 0.29) is 6.04 Å². The second-order valence-electron chi connectivity index (χ2n) is 7.08. The average molecular weight is 288 g/mol. The molecule has 118 valence electrons. The summed E-state index contributed by atoms with van der Waals surface area (Å²) in [7, 11) is 0. The van der Waals surface area contributed by atoms with Crippen molar-refractivity contribution in [3.8, 4) is 0 Å². The van der Waals surface area contributed by atoms with E-state index in [4.69, 9.17) is 5.73 Å². The van der Waals surface area contributed by atoms with E-state index < -0.39 is 0 Å². The van der Waals surface area contributed by atoms with Gasteiger partial charge < -0.3 is 10.6 Å². The summed E-state index contributed by atoms with van der Waals surface area (Å²) in [5.41, 5.74) is 8.93. The Balaban J connectivity index is 1.78. The molecule has 0 saturated carbocycles. The van der Waals surface area contributed by atoms with Gasteiger partial charge in [0.05, 0.1) is 0 Å². The molecule has 1 aliphatic rings. The fraction of sp³-hybridized carbons (Fsp3) is 0.684. The van der Waals surface area contributed by atoms with E-state index in [1.807, 2.05) is 0 Å². The SMILES string of the molecule is Cc1ccc(C(N)CCN2CCCC(C(C)C)CC2)cc1. The van der Waals surface area contributed by atoms with Crippen LogP contribution in [0, 0.1) is 18.8 Å². The zero-order chi connectivity index (χ0) is 15.2. The number of aryl methyl sites for hydroxylation is 1. The van der Waals surface area contributed by atoms with E-state index in [1.165, 1.54) is 43.5 Å². The molecule has 0 spiro atoms. The van der Waals surface area contributed by atoms with Crippen molar-refractivity contribution >= 4 is 0 Å². The van der Waals surface area contributed by atoms with Crippen LogP contribution in [-0.4, -0.2) is 24.5 Å². The minimum Gasteiger partial charge on any atom is -0.324 e. The summed E-state index contributed by atoms with van der Waals surface area (Å²) in [6.07, 6.45) is 5.17. The van der Waals surface area contributed by atoms with Crippen LogP contribution in [0.25, 0.3) is 0 Å². The maximum absolute atomic E-state index is 6.35. The predicted molar refractivity (Wildman–Crippen MR) is 91.3 cm³/mol. The van der Waals surface area contributed by atoms with Crippen molar-refractivity contribution in [2.75, 3.05) is 19.6 Å². The van der Waals surface area contributed by atoms with Gasteiger partial charge in [0.2, 0.25) is 0 Å². The summed E-state index contributed by atoms with van der Waals surface area (Å²) in [5, 5.41) is 0. The monoisotopic (exact) mass is 288 g/mol.